The molecular formula is C13H16FN3O4. The van der Waals surface area contributed by atoms with Gasteiger partial charge in [-0.3, -0.25) is 10.1 Å². The van der Waals surface area contributed by atoms with Gasteiger partial charge in [-0.2, -0.15) is 0 Å². The molecule has 0 amide bonds. The highest BCUT2D eigenvalue weighted by atomic mass is 19.1. The van der Waals surface area contributed by atoms with Gasteiger partial charge in [0, 0.05) is 12.6 Å². The van der Waals surface area contributed by atoms with Crippen LogP contribution in [0, 0.1) is 15.9 Å². The third-order valence-electron chi connectivity index (χ3n) is 3.71. The monoisotopic (exact) mass is 297 g/mol. The molecule has 2 N–H and O–H groups in total. The minimum Gasteiger partial charge on any atom is -0.478 e. The maximum atomic E-state index is 13.5. The number of nitrogens with one attached hydrogen (secondary N) is 1. The van der Waals surface area contributed by atoms with Crippen LogP contribution in [-0.2, 0) is 0 Å². The molecule has 7 nitrogen and oxygen atoms in total. The number of nitrogens with zero attached hydrogens (tertiary/aromatic N) is 2. The van der Waals surface area contributed by atoms with Crippen molar-refractivity contribution in [2.24, 2.45) is 0 Å². The Kier molecular flexibility index (Phi) is 4.37. The maximum Gasteiger partial charge on any atom is 0.338 e. The highest BCUT2D eigenvalue weighted by Gasteiger charge is 2.24. The topological polar surface area (TPSA) is 95.7 Å². The fourth-order valence-electron chi connectivity index (χ4n) is 2.48. The molecule has 2 rings (SSSR count). The number of carboxylic acid groups (broad SMARTS) is 1. The molecule has 1 heterocycles. The minimum absolute atomic E-state index is 0.0269. The van der Waals surface area contributed by atoms with Crippen molar-refractivity contribution in [3.8, 4) is 0 Å². The van der Waals surface area contributed by atoms with Crippen molar-refractivity contribution >= 4 is 17.3 Å². The lowest BCUT2D eigenvalue weighted by atomic mass is 10.1. The molecule has 1 aliphatic heterocycles. The zero-order valence-electron chi connectivity index (χ0n) is 11.5. The van der Waals surface area contributed by atoms with E-state index in [1.165, 1.54) is 0 Å². The van der Waals surface area contributed by atoms with E-state index in [1.807, 2.05) is 7.05 Å². The molecule has 8 heteroatoms. The summed E-state index contributed by atoms with van der Waals surface area (Å²) in [4.78, 5) is 23.3. The van der Waals surface area contributed by atoms with Crippen molar-refractivity contribution in [3.63, 3.8) is 0 Å². The first-order valence-electron chi connectivity index (χ1n) is 6.55. The van der Waals surface area contributed by atoms with Crippen LogP contribution in [-0.4, -0.2) is 47.1 Å². The Morgan fingerprint density at radius 3 is 2.86 bits per heavy atom. The summed E-state index contributed by atoms with van der Waals surface area (Å²) < 4.78 is 13.5. The lowest BCUT2D eigenvalue weighted by Gasteiger charge is -2.20. The molecule has 21 heavy (non-hydrogen) atoms. The highest BCUT2D eigenvalue weighted by molar-refractivity contribution is 5.90. The molecule has 0 aliphatic carbocycles. The number of benzene rings is 1. The molecule has 0 aromatic heterocycles. The van der Waals surface area contributed by atoms with E-state index in [0.29, 0.717) is 12.6 Å². The second kappa shape index (κ2) is 6.04. The summed E-state index contributed by atoms with van der Waals surface area (Å²) in [5.74, 6) is -2.57. The molecule has 0 bridgehead atoms. The quantitative estimate of drug-likeness (QED) is 0.637. The summed E-state index contributed by atoms with van der Waals surface area (Å²) in [5, 5.41) is 22.7. The first kappa shape index (κ1) is 15.2. The largest absolute Gasteiger partial charge is 0.478 e. The van der Waals surface area contributed by atoms with Crippen LogP contribution in [0.2, 0.25) is 0 Å². The van der Waals surface area contributed by atoms with E-state index in [1.54, 1.807) is 0 Å². The smallest absolute Gasteiger partial charge is 0.338 e. The number of likely N-dealkylation sites (tertiary alicyclic amines) is 1. The summed E-state index contributed by atoms with van der Waals surface area (Å²) >= 11 is 0. The molecule has 1 aromatic rings. The van der Waals surface area contributed by atoms with Crippen LogP contribution in [0.25, 0.3) is 0 Å². The number of carboxylic acids is 1. The van der Waals surface area contributed by atoms with Gasteiger partial charge in [0.25, 0.3) is 5.69 Å². The summed E-state index contributed by atoms with van der Waals surface area (Å²) in [5.41, 5.74) is -1.01. The Bertz CT molecular complexity index is 579. The average molecular weight is 297 g/mol. The molecule has 1 atom stereocenters. The Balaban J connectivity index is 2.25. The van der Waals surface area contributed by atoms with Crippen molar-refractivity contribution in [1.82, 2.24) is 4.90 Å². The van der Waals surface area contributed by atoms with Gasteiger partial charge in [0.2, 0.25) is 0 Å². The fourth-order valence-corrected chi connectivity index (χ4v) is 2.48. The van der Waals surface area contributed by atoms with Gasteiger partial charge < -0.3 is 15.3 Å². The molecule has 0 saturated carbocycles. The van der Waals surface area contributed by atoms with E-state index in [0.717, 1.165) is 25.5 Å². The van der Waals surface area contributed by atoms with Gasteiger partial charge in [-0.15, -0.1) is 0 Å². The normalized spacial score (nSPS) is 18.7. The first-order chi connectivity index (χ1) is 9.90. The van der Waals surface area contributed by atoms with Crippen molar-refractivity contribution in [2.75, 3.05) is 25.5 Å². The number of nitro benzene ring substituents is 1. The molecular weight excluding hydrogens is 281 g/mol. The van der Waals surface area contributed by atoms with Crippen LogP contribution in [0.5, 0.6) is 0 Å². The molecule has 1 saturated heterocycles. The van der Waals surface area contributed by atoms with Crippen molar-refractivity contribution < 1.29 is 19.2 Å². The third-order valence-corrected chi connectivity index (χ3v) is 3.71. The van der Waals surface area contributed by atoms with Gasteiger partial charge in [-0.05, 0) is 32.5 Å². The van der Waals surface area contributed by atoms with E-state index in [9.17, 15) is 19.3 Å². The van der Waals surface area contributed by atoms with E-state index in [-0.39, 0.29) is 11.7 Å². The number of likely N-dealkylation sites (N-methyl/N-ethyl adjacent to an activating group) is 1. The Morgan fingerprint density at radius 1 is 1.62 bits per heavy atom. The third kappa shape index (κ3) is 3.27. The molecule has 114 valence electrons. The molecule has 1 fully saturated rings. The zero-order valence-corrected chi connectivity index (χ0v) is 11.5. The number of carbonyl (C=O) groups is 1. The lowest BCUT2D eigenvalue weighted by molar-refractivity contribution is -0.384. The average Bonchev–Trinajstić information content (AvgIpc) is 2.82. The van der Waals surface area contributed by atoms with Crippen LogP contribution in [0.1, 0.15) is 23.2 Å². The van der Waals surface area contributed by atoms with Crippen LogP contribution >= 0.6 is 0 Å². The Hall–Kier alpha value is -2.22. The summed E-state index contributed by atoms with van der Waals surface area (Å²) in [6.45, 7) is 1.40. The van der Waals surface area contributed by atoms with Gasteiger partial charge >= 0.3 is 5.97 Å². The summed E-state index contributed by atoms with van der Waals surface area (Å²) in [7, 11) is 1.96. The Labute approximate surface area is 120 Å². The lowest BCUT2D eigenvalue weighted by Crippen LogP contribution is -2.31. The van der Waals surface area contributed by atoms with Crippen LogP contribution in [0.15, 0.2) is 12.1 Å². The molecule has 0 radical (unpaired) electrons. The zero-order chi connectivity index (χ0) is 15.6. The van der Waals surface area contributed by atoms with E-state index < -0.39 is 28.0 Å². The van der Waals surface area contributed by atoms with Crippen LogP contribution in [0.3, 0.4) is 0 Å². The number of halogens is 1. The van der Waals surface area contributed by atoms with Crippen molar-refractivity contribution in [3.05, 3.63) is 33.6 Å². The van der Waals surface area contributed by atoms with E-state index in [2.05, 4.69) is 10.2 Å². The highest BCUT2D eigenvalue weighted by Crippen LogP contribution is 2.28. The number of hydrogen-bond acceptors (Lipinski definition) is 5. The van der Waals surface area contributed by atoms with E-state index >= 15 is 0 Å². The molecule has 0 spiro atoms. The second-order valence-electron chi connectivity index (χ2n) is 5.07. The minimum atomic E-state index is -1.46. The van der Waals surface area contributed by atoms with Gasteiger partial charge in [0.15, 0.2) is 0 Å². The first-order valence-corrected chi connectivity index (χ1v) is 6.55. The number of anilines is 1. The number of hydrogen-bond donors (Lipinski definition) is 2. The fraction of sp³-hybridized carbons (Fsp3) is 0.462. The van der Waals surface area contributed by atoms with Crippen molar-refractivity contribution in [1.29, 1.82) is 0 Å². The standard InChI is InChI=1S/C13H16FN3O4/c1-16-4-2-3-8(16)7-15-11-5-9(13(18)19)10(14)6-12(11)17(20)21/h5-6,8,15H,2-4,7H2,1H3,(H,18,19). The predicted octanol–water partition coefficient (Wildman–Crippen LogP) is 1.94. The maximum absolute atomic E-state index is 13.5. The number of nitro groups is 1. The van der Waals surface area contributed by atoms with E-state index in [4.69, 9.17) is 5.11 Å². The predicted molar refractivity (Wildman–Crippen MR) is 74.2 cm³/mol. The molecule has 1 unspecified atom stereocenters. The van der Waals surface area contributed by atoms with Crippen molar-refractivity contribution in [2.45, 2.75) is 18.9 Å². The number of aromatic carboxylic acids is 1. The summed E-state index contributed by atoms with van der Waals surface area (Å²) in [6, 6.07) is 1.84. The van der Waals surface area contributed by atoms with Crippen LogP contribution in [0.4, 0.5) is 15.8 Å². The second-order valence-corrected chi connectivity index (χ2v) is 5.07. The van der Waals surface area contributed by atoms with Gasteiger partial charge in [-0.1, -0.05) is 0 Å². The molecule has 1 aliphatic rings. The van der Waals surface area contributed by atoms with Gasteiger partial charge in [0.05, 0.1) is 16.6 Å². The van der Waals surface area contributed by atoms with Crippen LogP contribution < -0.4 is 5.32 Å². The Morgan fingerprint density at radius 2 is 2.33 bits per heavy atom. The SMILES string of the molecule is CN1CCCC1CNc1cc(C(=O)O)c(F)cc1[N+](=O)[O-]. The van der Waals surface area contributed by atoms with Gasteiger partial charge in [-0.25, -0.2) is 9.18 Å². The number of rotatable bonds is 5. The van der Waals surface area contributed by atoms with Gasteiger partial charge in [0.1, 0.15) is 11.5 Å². The molecule has 1 aromatic carbocycles. The summed E-state index contributed by atoms with van der Waals surface area (Å²) in [6.07, 6.45) is 2.01.